The molecule has 3 N–H and O–H groups in total. The van der Waals surface area contributed by atoms with Crippen LogP contribution >= 0.6 is 11.3 Å². The lowest BCUT2D eigenvalue weighted by molar-refractivity contribution is 0.416. The number of anilines is 2. The zero-order valence-corrected chi connectivity index (χ0v) is 11.8. The Morgan fingerprint density at radius 1 is 1.47 bits per heavy atom. The monoisotopic (exact) mass is 280 g/mol. The average molecular weight is 280 g/mol. The van der Waals surface area contributed by atoms with E-state index in [0.29, 0.717) is 17.1 Å². The van der Waals surface area contributed by atoms with Gasteiger partial charge in [0.05, 0.1) is 18.5 Å². The number of nitrogens with two attached hydrogens (primary N) is 1. The smallest absolute Gasteiger partial charge is 0.148 e. The summed E-state index contributed by atoms with van der Waals surface area (Å²) in [5, 5.41) is 7.28. The van der Waals surface area contributed by atoms with Crippen molar-refractivity contribution in [2.75, 3.05) is 18.2 Å². The van der Waals surface area contributed by atoms with Crippen molar-refractivity contribution >= 4 is 22.7 Å². The van der Waals surface area contributed by atoms with Crippen molar-refractivity contribution in [1.29, 1.82) is 0 Å². The molecule has 1 aromatic carbocycles. The molecule has 0 spiro atoms. The molecule has 2 aromatic rings. The van der Waals surface area contributed by atoms with Crippen molar-refractivity contribution in [2.24, 2.45) is 0 Å². The molecule has 0 saturated heterocycles. The zero-order chi connectivity index (χ0) is 13.8. The van der Waals surface area contributed by atoms with E-state index >= 15 is 0 Å². The maximum absolute atomic E-state index is 13.8. The van der Waals surface area contributed by atoms with Gasteiger partial charge >= 0.3 is 0 Å². The van der Waals surface area contributed by atoms with Crippen molar-refractivity contribution < 1.29 is 9.13 Å². The van der Waals surface area contributed by atoms with Gasteiger partial charge in [0.15, 0.2) is 0 Å². The van der Waals surface area contributed by atoms with Gasteiger partial charge in [-0.25, -0.2) is 4.39 Å². The van der Waals surface area contributed by atoms with Crippen molar-refractivity contribution in [3.05, 3.63) is 40.3 Å². The van der Waals surface area contributed by atoms with Gasteiger partial charge in [-0.05, 0) is 35.7 Å². The van der Waals surface area contributed by atoms with Gasteiger partial charge in [0, 0.05) is 18.2 Å². The molecular weight excluding hydrogens is 263 g/mol. The van der Waals surface area contributed by atoms with E-state index in [1.807, 2.05) is 12.3 Å². The maximum atomic E-state index is 13.8. The molecule has 1 atom stereocenters. The number of nitrogens with one attached hydrogen (secondary N) is 1. The fraction of sp³-hybridized carbons (Fsp3) is 0.286. The summed E-state index contributed by atoms with van der Waals surface area (Å²) in [5.41, 5.74) is 7.61. The van der Waals surface area contributed by atoms with Crippen molar-refractivity contribution in [2.45, 2.75) is 19.4 Å². The standard InChI is InChI=1S/C14H17FN2OS/c1-9(5-10-3-4-19-8-10)17-13-7-14(18-2)12(16)6-11(13)15/h3-4,6-9,17H,5,16H2,1-2H3. The van der Waals surface area contributed by atoms with E-state index in [9.17, 15) is 4.39 Å². The second-order valence-corrected chi connectivity index (χ2v) is 5.24. The van der Waals surface area contributed by atoms with Crippen LogP contribution in [-0.4, -0.2) is 13.2 Å². The molecule has 5 heteroatoms. The lowest BCUT2D eigenvalue weighted by Crippen LogP contribution is -2.18. The fourth-order valence-electron chi connectivity index (χ4n) is 1.94. The van der Waals surface area contributed by atoms with Gasteiger partial charge in [-0.3, -0.25) is 0 Å². The summed E-state index contributed by atoms with van der Waals surface area (Å²) in [5.74, 6) is 0.113. The van der Waals surface area contributed by atoms with E-state index in [1.54, 1.807) is 17.4 Å². The summed E-state index contributed by atoms with van der Waals surface area (Å²) < 4.78 is 18.9. The Morgan fingerprint density at radius 2 is 2.26 bits per heavy atom. The molecule has 19 heavy (non-hydrogen) atoms. The number of benzene rings is 1. The lowest BCUT2D eigenvalue weighted by atomic mass is 10.1. The molecule has 0 aliphatic heterocycles. The number of nitrogen functional groups attached to an aromatic ring is 1. The molecular formula is C14H17FN2OS. The van der Waals surface area contributed by atoms with Crippen LogP contribution in [0.5, 0.6) is 5.75 Å². The van der Waals surface area contributed by atoms with E-state index in [2.05, 4.69) is 16.8 Å². The third-order valence-electron chi connectivity index (χ3n) is 2.84. The van der Waals surface area contributed by atoms with Crippen molar-refractivity contribution in [3.8, 4) is 5.75 Å². The number of ether oxygens (including phenoxy) is 1. The SMILES string of the molecule is COc1cc(NC(C)Cc2ccsc2)c(F)cc1N. The Bertz CT molecular complexity index is 543. The van der Waals surface area contributed by atoms with Gasteiger partial charge in [0.25, 0.3) is 0 Å². The maximum Gasteiger partial charge on any atom is 0.148 e. The van der Waals surface area contributed by atoms with Crippen LogP contribution in [0.3, 0.4) is 0 Å². The summed E-state index contributed by atoms with van der Waals surface area (Å²) in [6.07, 6.45) is 0.843. The molecule has 0 aliphatic rings. The van der Waals surface area contributed by atoms with E-state index in [0.717, 1.165) is 6.42 Å². The van der Waals surface area contributed by atoms with Gasteiger partial charge in [-0.1, -0.05) is 0 Å². The molecule has 0 saturated carbocycles. The van der Waals surface area contributed by atoms with Crippen molar-refractivity contribution in [1.82, 2.24) is 0 Å². The molecule has 102 valence electrons. The minimum atomic E-state index is -0.365. The largest absolute Gasteiger partial charge is 0.495 e. The third kappa shape index (κ3) is 3.38. The van der Waals surface area contributed by atoms with Crippen LogP contribution in [0.1, 0.15) is 12.5 Å². The number of halogens is 1. The summed E-state index contributed by atoms with van der Waals surface area (Å²) in [6, 6.07) is 5.06. The van der Waals surface area contributed by atoms with E-state index in [4.69, 9.17) is 10.5 Å². The summed E-state index contributed by atoms with van der Waals surface area (Å²) in [7, 11) is 1.52. The number of hydrogen-bond donors (Lipinski definition) is 2. The summed E-state index contributed by atoms with van der Waals surface area (Å²) in [4.78, 5) is 0. The Kier molecular flexibility index (Phi) is 4.27. The Balaban J connectivity index is 2.09. The highest BCUT2D eigenvalue weighted by atomic mass is 32.1. The lowest BCUT2D eigenvalue weighted by Gasteiger charge is -2.16. The van der Waals surface area contributed by atoms with Crippen LogP contribution < -0.4 is 15.8 Å². The molecule has 0 bridgehead atoms. The Labute approximate surface area is 116 Å². The van der Waals surface area contributed by atoms with E-state index in [1.165, 1.54) is 18.7 Å². The van der Waals surface area contributed by atoms with Gasteiger partial charge < -0.3 is 15.8 Å². The number of hydrogen-bond acceptors (Lipinski definition) is 4. The first-order chi connectivity index (χ1) is 9.10. The van der Waals surface area contributed by atoms with Crippen molar-refractivity contribution in [3.63, 3.8) is 0 Å². The highest BCUT2D eigenvalue weighted by Gasteiger charge is 2.11. The van der Waals surface area contributed by atoms with Crippen LogP contribution in [0.2, 0.25) is 0 Å². The third-order valence-corrected chi connectivity index (χ3v) is 3.58. The topological polar surface area (TPSA) is 47.3 Å². The normalized spacial score (nSPS) is 12.2. The van der Waals surface area contributed by atoms with Crippen LogP contribution in [0, 0.1) is 5.82 Å². The number of rotatable bonds is 5. The second-order valence-electron chi connectivity index (χ2n) is 4.46. The first kappa shape index (κ1) is 13.7. The molecule has 0 radical (unpaired) electrons. The Morgan fingerprint density at radius 3 is 2.89 bits per heavy atom. The zero-order valence-electron chi connectivity index (χ0n) is 10.9. The minimum Gasteiger partial charge on any atom is -0.495 e. The molecule has 0 fully saturated rings. The van der Waals surface area contributed by atoms with Gasteiger partial charge in [-0.2, -0.15) is 11.3 Å². The van der Waals surface area contributed by atoms with Gasteiger partial charge in [-0.15, -0.1) is 0 Å². The highest BCUT2D eigenvalue weighted by Crippen LogP contribution is 2.28. The predicted octanol–water partition coefficient (Wildman–Crippen LogP) is 3.52. The molecule has 2 rings (SSSR count). The van der Waals surface area contributed by atoms with Crippen LogP contribution in [-0.2, 0) is 6.42 Å². The molecule has 3 nitrogen and oxygen atoms in total. The van der Waals surface area contributed by atoms with Crippen LogP contribution in [0.4, 0.5) is 15.8 Å². The summed E-state index contributed by atoms with van der Waals surface area (Å²) >= 11 is 1.66. The summed E-state index contributed by atoms with van der Waals surface area (Å²) in [6.45, 7) is 2.01. The van der Waals surface area contributed by atoms with Gasteiger partial charge in [0.2, 0.25) is 0 Å². The number of methoxy groups -OCH3 is 1. The molecule has 1 unspecified atom stereocenters. The first-order valence-corrected chi connectivity index (χ1v) is 6.95. The number of thiophene rings is 1. The average Bonchev–Trinajstić information content (AvgIpc) is 2.85. The van der Waals surface area contributed by atoms with E-state index in [-0.39, 0.29) is 11.9 Å². The van der Waals surface area contributed by atoms with Crippen LogP contribution in [0.25, 0.3) is 0 Å². The highest BCUT2D eigenvalue weighted by molar-refractivity contribution is 7.07. The quantitative estimate of drug-likeness (QED) is 0.824. The molecule has 1 aromatic heterocycles. The Hall–Kier alpha value is -1.75. The molecule has 0 amide bonds. The fourth-order valence-corrected chi connectivity index (χ4v) is 2.62. The molecule has 1 heterocycles. The van der Waals surface area contributed by atoms with Crippen LogP contribution in [0.15, 0.2) is 29.0 Å². The van der Waals surface area contributed by atoms with Gasteiger partial charge in [0.1, 0.15) is 11.6 Å². The predicted molar refractivity (Wildman–Crippen MR) is 78.5 cm³/mol. The minimum absolute atomic E-state index is 0.123. The molecule has 0 aliphatic carbocycles. The van der Waals surface area contributed by atoms with E-state index < -0.39 is 0 Å². The second kappa shape index (κ2) is 5.93. The first-order valence-electron chi connectivity index (χ1n) is 6.00.